The van der Waals surface area contributed by atoms with Crippen molar-refractivity contribution < 1.29 is 13.0 Å². The standard InChI is InChI=1S/C24H20BrP.3ClH.Ru/c25-26(21-13-5-1-6-14-21,22-15-7-2-8-16-22,23-17-9-3-10-18-23)24-19-11-4-12-20-24;;;;/h1-20H;3*1H;/q;;;;+3/p-3. The number of benzene rings is 4. The Hall–Kier alpha value is -0.717. The van der Waals surface area contributed by atoms with E-state index in [4.69, 9.17) is 29.1 Å². The van der Waals surface area contributed by atoms with Gasteiger partial charge in [0.25, 0.3) is 0 Å². The molecule has 0 aliphatic heterocycles. The summed E-state index contributed by atoms with van der Waals surface area (Å²) in [5.41, 5.74) is 0. The number of hydrogen-bond acceptors (Lipinski definition) is 0. The quantitative estimate of drug-likeness (QED) is 0.166. The van der Waals surface area contributed by atoms with Gasteiger partial charge in [-0.1, -0.05) is 0 Å². The van der Waals surface area contributed by atoms with Crippen LogP contribution in [0.1, 0.15) is 0 Å². The molecular weight excluding hydrogens is 607 g/mol. The van der Waals surface area contributed by atoms with Crippen LogP contribution in [0.2, 0.25) is 0 Å². The molecule has 0 N–H and O–H groups in total. The normalized spacial score (nSPS) is 12.7. The molecule has 0 amide bonds. The summed E-state index contributed by atoms with van der Waals surface area (Å²) in [6.45, 7) is 0. The summed E-state index contributed by atoms with van der Waals surface area (Å²) in [4.78, 5) is 0. The molecule has 157 valence electrons. The van der Waals surface area contributed by atoms with E-state index in [0.717, 1.165) is 0 Å². The van der Waals surface area contributed by atoms with Crippen LogP contribution in [0.4, 0.5) is 0 Å². The number of hydrogen-bond donors (Lipinski definition) is 0. The van der Waals surface area contributed by atoms with Crippen molar-refractivity contribution in [3.05, 3.63) is 121 Å². The van der Waals surface area contributed by atoms with E-state index >= 15 is 0 Å². The average Bonchev–Trinajstić information content (AvgIpc) is 2.81. The molecule has 4 rings (SSSR count). The van der Waals surface area contributed by atoms with Crippen molar-refractivity contribution in [1.82, 2.24) is 0 Å². The minimum absolute atomic E-state index is 1.31. The minimum atomic E-state index is -3.00. The van der Waals surface area contributed by atoms with Crippen LogP contribution in [-0.2, 0) is 13.0 Å². The van der Waals surface area contributed by atoms with Gasteiger partial charge >= 0.3 is 205 Å². The van der Waals surface area contributed by atoms with Gasteiger partial charge in [0.05, 0.1) is 0 Å². The Bertz CT molecular complexity index is 877. The van der Waals surface area contributed by atoms with Gasteiger partial charge in [0.1, 0.15) is 0 Å². The van der Waals surface area contributed by atoms with Crippen molar-refractivity contribution in [2.75, 3.05) is 0 Å². The molecule has 0 aliphatic carbocycles. The number of rotatable bonds is 4. The fourth-order valence-corrected chi connectivity index (χ4v) is 11.3. The summed E-state index contributed by atoms with van der Waals surface area (Å²) in [7, 11) is 14.8. The van der Waals surface area contributed by atoms with E-state index in [-0.39, 0.29) is 0 Å². The molecule has 0 aromatic heterocycles. The van der Waals surface area contributed by atoms with Gasteiger partial charge < -0.3 is 0 Å². The van der Waals surface area contributed by atoms with Crippen LogP contribution in [0.15, 0.2) is 121 Å². The van der Waals surface area contributed by atoms with Crippen LogP contribution in [0.25, 0.3) is 0 Å². The Morgan fingerprint density at radius 3 is 0.767 bits per heavy atom. The molecule has 0 spiro atoms. The van der Waals surface area contributed by atoms with E-state index in [1.807, 2.05) is 0 Å². The second-order valence-corrected chi connectivity index (χ2v) is 22.8. The van der Waals surface area contributed by atoms with Crippen LogP contribution in [0.5, 0.6) is 0 Å². The first kappa shape index (κ1) is 23.9. The van der Waals surface area contributed by atoms with Crippen molar-refractivity contribution in [2.24, 2.45) is 0 Å². The van der Waals surface area contributed by atoms with Crippen molar-refractivity contribution in [3.63, 3.8) is 0 Å². The summed E-state index contributed by atoms with van der Waals surface area (Å²) in [6.07, 6.45) is 0. The Kier molecular flexibility index (Phi) is 8.57. The van der Waals surface area contributed by atoms with Crippen molar-refractivity contribution in [3.8, 4) is 0 Å². The Labute approximate surface area is 203 Å². The van der Waals surface area contributed by atoms with Gasteiger partial charge in [-0.3, -0.25) is 0 Å². The van der Waals surface area contributed by atoms with Gasteiger partial charge in [-0.05, 0) is 0 Å². The molecule has 0 radical (unpaired) electrons. The van der Waals surface area contributed by atoms with E-state index in [1.165, 1.54) is 21.2 Å². The van der Waals surface area contributed by atoms with Gasteiger partial charge in [-0.15, -0.1) is 0 Å². The van der Waals surface area contributed by atoms with Crippen LogP contribution < -0.4 is 21.2 Å². The second-order valence-electron chi connectivity index (χ2n) is 6.50. The summed E-state index contributed by atoms with van der Waals surface area (Å²) >= 11 is 2.70. The van der Waals surface area contributed by atoms with Crippen molar-refractivity contribution in [2.45, 2.75) is 0 Å². The zero-order valence-electron chi connectivity index (χ0n) is 15.9. The summed E-state index contributed by atoms with van der Waals surface area (Å²) in [6, 6.07) is 43.4. The SMILES string of the molecule is BrP(c1ccccc1)(c1ccccc1)(c1ccccc1)c1ccccc1.[Cl][Ru]([Cl])[Cl]. The molecule has 0 saturated heterocycles. The van der Waals surface area contributed by atoms with Gasteiger partial charge in [0.15, 0.2) is 0 Å². The number of halogens is 4. The first-order valence-electron chi connectivity index (χ1n) is 9.11. The monoisotopic (exact) mass is 625 g/mol. The van der Waals surface area contributed by atoms with Gasteiger partial charge in [0, 0.05) is 0 Å². The van der Waals surface area contributed by atoms with Crippen LogP contribution in [0, 0.1) is 0 Å². The molecule has 4 aromatic carbocycles. The molecule has 0 bridgehead atoms. The van der Waals surface area contributed by atoms with Crippen LogP contribution >= 0.6 is 49.9 Å². The molecule has 0 atom stereocenters. The third-order valence-corrected chi connectivity index (χ3v) is 15.0. The molecule has 4 aromatic rings. The predicted molar refractivity (Wildman–Crippen MR) is 138 cm³/mol. The zero-order chi connectivity index (χ0) is 21.5. The topological polar surface area (TPSA) is 0 Å². The average molecular weight is 627 g/mol. The maximum absolute atomic E-state index is 4.95. The van der Waals surface area contributed by atoms with E-state index in [9.17, 15) is 0 Å². The molecule has 0 fully saturated rings. The van der Waals surface area contributed by atoms with Crippen molar-refractivity contribution >= 4 is 71.1 Å². The summed E-state index contributed by atoms with van der Waals surface area (Å²) in [5.74, 6) is 0. The second kappa shape index (κ2) is 10.7. The first-order chi connectivity index (χ1) is 14.5. The molecular formula is C24H20BrCl3PRu. The Balaban J connectivity index is 0.000000589. The third-order valence-electron chi connectivity index (χ3n) is 4.96. The molecule has 0 unspecified atom stereocenters. The van der Waals surface area contributed by atoms with Crippen molar-refractivity contribution in [1.29, 1.82) is 0 Å². The molecule has 6 heteroatoms. The molecule has 0 saturated carbocycles. The fraction of sp³-hybridized carbons (Fsp3) is 0. The predicted octanol–water partition coefficient (Wildman–Crippen LogP) is 7.22. The van der Waals surface area contributed by atoms with Gasteiger partial charge in [-0.25, -0.2) is 0 Å². The third kappa shape index (κ3) is 4.71. The maximum atomic E-state index is 4.95. The molecule has 0 nitrogen and oxygen atoms in total. The van der Waals surface area contributed by atoms with Crippen LogP contribution in [-0.4, -0.2) is 0 Å². The van der Waals surface area contributed by atoms with E-state index < -0.39 is 18.3 Å². The van der Waals surface area contributed by atoms with Crippen LogP contribution in [0.3, 0.4) is 0 Å². The molecule has 30 heavy (non-hydrogen) atoms. The Morgan fingerprint density at radius 2 is 0.600 bits per heavy atom. The fourth-order valence-electron chi connectivity index (χ4n) is 3.73. The molecule has 0 aliphatic rings. The zero-order valence-corrected chi connectivity index (χ0v) is 22.3. The molecule has 0 heterocycles. The van der Waals surface area contributed by atoms with E-state index in [0.29, 0.717) is 0 Å². The Morgan fingerprint density at radius 1 is 0.433 bits per heavy atom. The van der Waals surface area contributed by atoms with Gasteiger partial charge in [0.2, 0.25) is 0 Å². The van der Waals surface area contributed by atoms with E-state index in [1.54, 1.807) is 0 Å². The summed E-state index contributed by atoms with van der Waals surface area (Å²) < 4.78 is 0. The van der Waals surface area contributed by atoms with E-state index in [2.05, 4.69) is 137 Å². The summed E-state index contributed by atoms with van der Waals surface area (Å²) in [5, 5.41) is 2.23. The van der Waals surface area contributed by atoms with Gasteiger partial charge in [-0.2, -0.15) is 0 Å². The first-order valence-corrected chi connectivity index (χ1v) is 20.1.